The van der Waals surface area contributed by atoms with Crippen molar-refractivity contribution in [1.82, 2.24) is 4.72 Å². The minimum absolute atomic E-state index is 0.292. The second-order valence-electron chi connectivity index (χ2n) is 6.90. The Hall–Kier alpha value is -1.99. The lowest BCUT2D eigenvalue weighted by molar-refractivity contribution is 0.579. The molecule has 0 saturated carbocycles. The van der Waals surface area contributed by atoms with Gasteiger partial charge in [-0.25, -0.2) is 13.1 Å². The third-order valence-corrected chi connectivity index (χ3v) is 7.61. The van der Waals surface area contributed by atoms with E-state index in [0.29, 0.717) is 29.4 Å². The van der Waals surface area contributed by atoms with Crippen molar-refractivity contribution in [3.8, 4) is 0 Å². The van der Waals surface area contributed by atoms with E-state index in [9.17, 15) is 8.42 Å². The van der Waals surface area contributed by atoms with Crippen LogP contribution in [0.4, 0.5) is 11.4 Å². The molecule has 1 aliphatic heterocycles. The minimum atomic E-state index is -3.50. The van der Waals surface area contributed by atoms with Gasteiger partial charge in [-0.15, -0.1) is 0 Å². The van der Waals surface area contributed by atoms with Crippen LogP contribution in [0.5, 0.6) is 0 Å². The highest BCUT2D eigenvalue weighted by Gasteiger charge is 2.23. The molecule has 29 heavy (non-hydrogen) atoms. The Morgan fingerprint density at radius 3 is 2.48 bits per heavy atom. The maximum Gasteiger partial charge on any atom is 0.240 e. The Kier molecular flexibility index (Phi) is 5.88. The monoisotopic (exact) mass is 444 g/mol. The Balaban J connectivity index is 1.47. The fraction of sp³-hybridized carbons (Fsp3) is 0.182. The van der Waals surface area contributed by atoms with Gasteiger partial charge in [0.25, 0.3) is 0 Å². The molecule has 0 aliphatic carbocycles. The van der Waals surface area contributed by atoms with E-state index in [1.807, 2.05) is 37.3 Å². The Labute approximate surface area is 180 Å². The molecule has 0 atom stereocenters. The van der Waals surface area contributed by atoms with Crippen LogP contribution in [0.3, 0.4) is 0 Å². The summed E-state index contributed by atoms with van der Waals surface area (Å²) in [6.45, 7) is 2.97. The molecule has 0 spiro atoms. The number of aryl methyl sites for hydroxylation is 1. The zero-order valence-corrected chi connectivity index (χ0v) is 18.3. The molecule has 150 valence electrons. The number of nitrogens with one attached hydrogen (secondary N) is 1. The van der Waals surface area contributed by atoms with Crippen LogP contribution in [0, 0.1) is 6.92 Å². The van der Waals surface area contributed by atoms with Gasteiger partial charge in [0.15, 0.2) is 0 Å². The number of nitrogens with zero attached hydrogens (tertiary/aromatic N) is 1. The van der Waals surface area contributed by atoms with E-state index < -0.39 is 10.0 Å². The number of benzene rings is 3. The Bertz CT molecular complexity index is 1130. The van der Waals surface area contributed by atoms with Crippen LogP contribution in [0.1, 0.15) is 12.0 Å². The van der Waals surface area contributed by atoms with E-state index in [1.165, 1.54) is 4.90 Å². The van der Waals surface area contributed by atoms with Gasteiger partial charge in [-0.2, -0.15) is 0 Å². The Morgan fingerprint density at radius 2 is 1.69 bits per heavy atom. The molecule has 0 fully saturated rings. The normalized spacial score (nSPS) is 13.1. The summed E-state index contributed by atoms with van der Waals surface area (Å²) in [6.07, 6.45) is 0.663. The summed E-state index contributed by atoms with van der Waals surface area (Å²) >= 11 is 7.97. The predicted octanol–water partition coefficient (Wildman–Crippen LogP) is 5.62. The van der Waals surface area contributed by atoms with Crippen molar-refractivity contribution in [3.63, 3.8) is 0 Å². The molecule has 0 aromatic heterocycles. The number of halogens is 1. The molecule has 1 aliphatic rings. The number of para-hydroxylation sites is 1. The van der Waals surface area contributed by atoms with E-state index in [0.717, 1.165) is 21.8 Å². The first-order valence-electron chi connectivity index (χ1n) is 9.34. The van der Waals surface area contributed by atoms with E-state index in [4.69, 9.17) is 11.6 Å². The van der Waals surface area contributed by atoms with Gasteiger partial charge in [0.2, 0.25) is 10.0 Å². The largest absolute Gasteiger partial charge is 0.340 e. The van der Waals surface area contributed by atoms with E-state index >= 15 is 0 Å². The summed E-state index contributed by atoms with van der Waals surface area (Å²) in [7, 11) is -3.50. The smallest absolute Gasteiger partial charge is 0.240 e. The Morgan fingerprint density at radius 1 is 0.966 bits per heavy atom. The molecule has 1 heterocycles. The summed E-state index contributed by atoms with van der Waals surface area (Å²) in [4.78, 5) is 4.84. The van der Waals surface area contributed by atoms with E-state index in [2.05, 4.69) is 21.8 Å². The van der Waals surface area contributed by atoms with Crippen LogP contribution in [-0.2, 0) is 10.0 Å². The zero-order chi connectivity index (χ0) is 20.4. The van der Waals surface area contributed by atoms with Gasteiger partial charge < -0.3 is 4.90 Å². The maximum absolute atomic E-state index is 12.5. The van der Waals surface area contributed by atoms with Crippen molar-refractivity contribution in [2.45, 2.75) is 28.0 Å². The van der Waals surface area contributed by atoms with Crippen molar-refractivity contribution in [2.24, 2.45) is 0 Å². The molecule has 3 aromatic rings. The zero-order valence-electron chi connectivity index (χ0n) is 15.9. The van der Waals surface area contributed by atoms with Crippen LogP contribution < -0.4 is 9.62 Å². The molecule has 0 unspecified atom stereocenters. The summed E-state index contributed by atoms with van der Waals surface area (Å²) in [5.41, 5.74) is 3.21. The van der Waals surface area contributed by atoms with Gasteiger partial charge in [0, 0.05) is 27.9 Å². The average Bonchev–Trinajstić information content (AvgIpc) is 2.71. The van der Waals surface area contributed by atoms with Crippen molar-refractivity contribution in [2.75, 3.05) is 18.0 Å². The highest BCUT2D eigenvalue weighted by molar-refractivity contribution is 7.99. The molecule has 0 bridgehead atoms. The molecule has 7 heteroatoms. The standard InChI is InChI=1S/C22H21ClN2O2S2/c1-16-7-10-18(11-8-16)29(26,27)24-13-4-14-25-19-5-2-3-6-21(19)28-22-12-9-17(23)15-20(22)25/h2-3,5-12,15,24H,4,13-14H2,1H3. The van der Waals surface area contributed by atoms with Crippen molar-refractivity contribution in [3.05, 3.63) is 77.3 Å². The van der Waals surface area contributed by atoms with E-state index in [1.54, 1.807) is 36.0 Å². The van der Waals surface area contributed by atoms with Crippen LogP contribution in [0.25, 0.3) is 0 Å². The summed E-state index contributed by atoms with van der Waals surface area (Å²) in [5, 5.41) is 0.689. The first kappa shape index (κ1) is 20.3. The molecular weight excluding hydrogens is 424 g/mol. The van der Waals surface area contributed by atoms with Gasteiger partial charge >= 0.3 is 0 Å². The van der Waals surface area contributed by atoms with Crippen LogP contribution in [0.2, 0.25) is 5.02 Å². The molecule has 0 saturated heterocycles. The molecule has 0 radical (unpaired) electrons. The van der Waals surface area contributed by atoms with Crippen molar-refractivity contribution >= 4 is 44.8 Å². The minimum Gasteiger partial charge on any atom is -0.340 e. The molecule has 4 nitrogen and oxygen atoms in total. The highest BCUT2D eigenvalue weighted by atomic mass is 35.5. The van der Waals surface area contributed by atoms with Crippen LogP contribution >= 0.6 is 23.4 Å². The summed E-state index contributed by atoms with van der Waals surface area (Å²) in [5.74, 6) is 0. The fourth-order valence-electron chi connectivity index (χ4n) is 3.29. The van der Waals surface area contributed by atoms with Gasteiger partial charge in [0.05, 0.1) is 16.3 Å². The highest BCUT2D eigenvalue weighted by Crippen LogP contribution is 2.48. The molecule has 1 N–H and O–H groups in total. The van der Waals surface area contributed by atoms with Crippen molar-refractivity contribution < 1.29 is 8.42 Å². The number of hydrogen-bond acceptors (Lipinski definition) is 4. The van der Waals surface area contributed by atoms with E-state index in [-0.39, 0.29) is 0 Å². The lowest BCUT2D eigenvalue weighted by atomic mass is 10.2. The SMILES string of the molecule is Cc1ccc(S(=O)(=O)NCCCN2c3ccccc3Sc3ccc(Cl)cc32)cc1. The number of anilines is 2. The van der Waals surface area contributed by atoms with Gasteiger partial charge in [-0.05, 0) is 55.8 Å². The lowest BCUT2D eigenvalue weighted by Gasteiger charge is -2.33. The third-order valence-electron chi connectivity index (χ3n) is 4.77. The second kappa shape index (κ2) is 8.40. The number of fused-ring (bicyclic) bond motifs is 2. The molecular formula is C22H21ClN2O2S2. The number of sulfonamides is 1. The fourth-order valence-corrected chi connectivity index (χ4v) is 5.60. The number of rotatable bonds is 6. The first-order chi connectivity index (χ1) is 13.9. The molecule has 4 rings (SSSR count). The first-order valence-corrected chi connectivity index (χ1v) is 12.0. The summed E-state index contributed by atoms with van der Waals surface area (Å²) in [6, 6.07) is 21.0. The predicted molar refractivity (Wildman–Crippen MR) is 120 cm³/mol. The number of hydrogen-bond donors (Lipinski definition) is 1. The summed E-state index contributed by atoms with van der Waals surface area (Å²) < 4.78 is 27.7. The van der Waals surface area contributed by atoms with Crippen molar-refractivity contribution in [1.29, 1.82) is 0 Å². The van der Waals surface area contributed by atoms with Gasteiger partial charge in [0.1, 0.15) is 0 Å². The van der Waals surface area contributed by atoms with Gasteiger partial charge in [-0.3, -0.25) is 0 Å². The maximum atomic E-state index is 12.5. The molecule has 3 aromatic carbocycles. The topological polar surface area (TPSA) is 49.4 Å². The molecule has 0 amide bonds. The lowest BCUT2D eigenvalue weighted by Crippen LogP contribution is -2.29. The van der Waals surface area contributed by atoms with Crippen LogP contribution in [-0.4, -0.2) is 21.5 Å². The third kappa shape index (κ3) is 4.46. The van der Waals surface area contributed by atoms with Gasteiger partial charge in [-0.1, -0.05) is 53.2 Å². The quantitative estimate of drug-likeness (QED) is 0.501. The average molecular weight is 445 g/mol. The van der Waals surface area contributed by atoms with Crippen LogP contribution in [0.15, 0.2) is 81.4 Å². The second-order valence-corrected chi connectivity index (χ2v) is 10.2.